The van der Waals surface area contributed by atoms with E-state index in [1.165, 1.54) is 36.4 Å². The van der Waals surface area contributed by atoms with E-state index in [1.807, 2.05) is 0 Å². The van der Waals surface area contributed by atoms with Gasteiger partial charge in [0.15, 0.2) is 5.75 Å². The summed E-state index contributed by atoms with van der Waals surface area (Å²) in [6, 6.07) is 9.11. The topological polar surface area (TPSA) is 125 Å². The van der Waals surface area contributed by atoms with E-state index in [1.54, 1.807) is 6.92 Å². The highest BCUT2D eigenvalue weighted by Gasteiger charge is 2.18. The number of nitro benzene ring substituents is 2. The van der Waals surface area contributed by atoms with Crippen LogP contribution in [0.4, 0.5) is 17.1 Å². The van der Waals surface area contributed by atoms with Gasteiger partial charge in [0.1, 0.15) is 0 Å². The van der Waals surface area contributed by atoms with Gasteiger partial charge in [-0.2, -0.15) is 0 Å². The number of carbonyl (C=O) groups excluding carboxylic acids is 1. The molecule has 124 valence electrons. The van der Waals surface area contributed by atoms with Gasteiger partial charge in [-0.05, 0) is 31.2 Å². The number of hydrogen-bond donors (Lipinski definition) is 1. The minimum atomic E-state index is -0.631. The summed E-state index contributed by atoms with van der Waals surface area (Å²) >= 11 is 0. The number of non-ortho nitro benzene ring substituents is 1. The average molecular weight is 331 g/mol. The summed E-state index contributed by atoms with van der Waals surface area (Å²) in [6.45, 7) is 1.95. The molecular weight excluding hydrogens is 318 g/mol. The third-order valence-corrected chi connectivity index (χ3v) is 3.05. The van der Waals surface area contributed by atoms with Crippen LogP contribution < -0.4 is 10.1 Å². The molecule has 0 aliphatic rings. The van der Waals surface area contributed by atoms with Crippen molar-refractivity contribution in [3.63, 3.8) is 0 Å². The number of amides is 1. The van der Waals surface area contributed by atoms with Crippen LogP contribution in [0.25, 0.3) is 0 Å². The van der Waals surface area contributed by atoms with Gasteiger partial charge in [0.05, 0.1) is 16.5 Å². The van der Waals surface area contributed by atoms with Crippen molar-refractivity contribution < 1.29 is 19.4 Å². The van der Waals surface area contributed by atoms with E-state index in [0.717, 1.165) is 6.07 Å². The Morgan fingerprint density at radius 1 is 1.08 bits per heavy atom. The van der Waals surface area contributed by atoms with Crippen molar-refractivity contribution in [3.8, 4) is 5.75 Å². The number of nitro groups is 2. The maximum Gasteiger partial charge on any atom is 0.311 e. The van der Waals surface area contributed by atoms with Gasteiger partial charge >= 0.3 is 5.69 Å². The van der Waals surface area contributed by atoms with E-state index in [9.17, 15) is 25.0 Å². The molecule has 0 aliphatic carbocycles. The van der Waals surface area contributed by atoms with Gasteiger partial charge in [-0.15, -0.1) is 0 Å². The molecule has 0 aliphatic heterocycles. The highest BCUT2D eigenvalue weighted by molar-refractivity contribution is 6.04. The van der Waals surface area contributed by atoms with Crippen LogP contribution >= 0.6 is 0 Å². The molecule has 2 aromatic rings. The van der Waals surface area contributed by atoms with Crippen LogP contribution in [0.3, 0.4) is 0 Å². The molecule has 1 N–H and O–H groups in total. The molecule has 2 rings (SSSR count). The molecule has 24 heavy (non-hydrogen) atoms. The quantitative estimate of drug-likeness (QED) is 0.640. The Bertz CT molecular complexity index is 788. The van der Waals surface area contributed by atoms with Crippen molar-refractivity contribution >= 4 is 23.0 Å². The Kier molecular flexibility index (Phi) is 5.05. The minimum absolute atomic E-state index is 0.0727. The molecule has 0 unspecified atom stereocenters. The summed E-state index contributed by atoms with van der Waals surface area (Å²) in [5.41, 5.74) is -0.0106. The van der Waals surface area contributed by atoms with Gasteiger partial charge in [-0.3, -0.25) is 25.0 Å². The van der Waals surface area contributed by atoms with Crippen LogP contribution in [0.5, 0.6) is 5.75 Å². The molecule has 0 saturated heterocycles. The summed E-state index contributed by atoms with van der Waals surface area (Å²) in [5.74, 6) is -0.496. The summed E-state index contributed by atoms with van der Waals surface area (Å²) in [4.78, 5) is 32.6. The Morgan fingerprint density at radius 2 is 1.75 bits per heavy atom. The Morgan fingerprint density at radius 3 is 2.29 bits per heavy atom. The van der Waals surface area contributed by atoms with Gasteiger partial charge in [0.25, 0.3) is 11.6 Å². The Hall–Kier alpha value is -3.49. The molecule has 0 bridgehead atoms. The first-order valence-electron chi connectivity index (χ1n) is 6.89. The van der Waals surface area contributed by atoms with Crippen molar-refractivity contribution in [2.75, 3.05) is 11.9 Å². The summed E-state index contributed by atoms with van der Waals surface area (Å²) in [6.07, 6.45) is 0. The molecule has 1 amide bonds. The van der Waals surface area contributed by atoms with Crippen LogP contribution in [-0.2, 0) is 0 Å². The molecule has 0 radical (unpaired) electrons. The Labute approximate surface area is 136 Å². The fraction of sp³-hybridized carbons (Fsp3) is 0.133. The second-order valence-electron chi connectivity index (χ2n) is 4.63. The molecule has 0 atom stereocenters. The number of rotatable bonds is 6. The molecule has 0 heterocycles. The lowest BCUT2D eigenvalue weighted by Gasteiger charge is -2.07. The molecule has 9 heteroatoms. The molecular formula is C15H13N3O6. The molecule has 9 nitrogen and oxygen atoms in total. The van der Waals surface area contributed by atoms with Gasteiger partial charge in [0, 0.05) is 29.4 Å². The highest BCUT2D eigenvalue weighted by atomic mass is 16.6. The van der Waals surface area contributed by atoms with Gasteiger partial charge < -0.3 is 10.1 Å². The van der Waals surface area contributed by atoms with Crippen LogP contribution in [-0.4, -0.2) is 22.4 Å². The van der Waals surface area contributed by atoms with E-state index in [4.69, 9.17) is 4.74 Å². The predicted molar refractivity (Wildman–Crippen MR) is 85.3 cm³/mol. The minimum Gasteiger partial charge on any atom is -0.487 e. The molecule has 0 aromatic heterocycles. The lowest BCUT2D eigenvalue weighted by atomic mass is 10.1. The van der Waals surface area contributed by atoms with Gasteiger partial charge in [-0.1, -0.05) is 0 Å². The van der Waals surface area contributed by atoms with Crippen molar-refractivity contribution in [1.29, 1.82) is 0 Å². The number of ether oxygens (including phenoxy) is 1. The third-order valence-electron chi connectivity index (χ3n) is 3.05. The summed E-state index contributed by atoms with van der Waals surface area (Å²) in [7, 11) is 0. The zero-order valence-electron chi connectivity index (χ0n) is 12.6. The zero-order valence-corrected chi connectivity index (χ0v) is 12.6. The van der Waals surface area contributed by atoms with Crippen molar-refractivity contribution in [1.82, 2.24) is 0 Å². The van der Waals surface area contributed by atoms with E-state index in [-0.39, 0.29) is 29.3 Å². The van der Waals surface area contributed by atoms with Gasteiger partial charge in [0.2, 0.25) is 0 Å². The lowest BCUT2D eigenvalue weighted by Crippen LogP contribution is -2.12. The number of anilines is 1. The predicted octanol–water partition coefficient (Wildman–Crippen LogP) is 3.15. The number of hydrogen-bond acceptors (Lipinski definition) is 6. The highest BCUT2D eigenvalue weighted by Crippen LogP contribution is 2.28. The SMILES string of the molecule is CCOc1ccc(C(=O)Nc2ccc([N+](=O)[O-])cc2)cc1[N+](=O)[O-]. The standard InChI is InChI=1S/C15H13N3O6/c1-2-24-14-8-3-10(9-13(14)18(22)23)15(19)16-11-4-6-12(7-5-11)17(20)21/h3-9H,2H2,1H3,(H,16,19). The zero-order chi connectivity index (χ0) is 17.7. The monoisotopic (exact) mass is 331 g/mol. The number of carbonyl (C=O) groups is 1. The smallest absolute Gasteiger partial charge is 0.311 e. The molecule has 0 fully saturated rings. The largest absolute Gasteiger partial charge is 0.487 e. The van der Waals surface area contributed by atoms with E-state index in [0.29, 0.717) is 5.69 Å². The van der Waals surface area contributed by atoms with Crippen LogP contribution in [0.2, 0.25) is 0 Å². The van der Waals surface area contributed by atoms with Crippen molar-refractivity contribution in [2.45, 2.75) is 6.92 Å². The third kappa shape index (κ3) is 3.83. The first-order valence-corrected chi connectivity index (χ1v) is 6.89. The maximum absolute atomic E-state index is 12.2. The summed E-state index contributed by atoms with van der Waals surface area (Å²) in [5, 5.41) is 24.2. The van der Waals surface area contributed by atoms with Crippen LogP contribution in [0.1, 0.15) is 17.3 Å². The molecule has 2 aromatic carbocycles. The second kappa shape index (κ2) is 7.18. The van der Waals surface area contributed by atoms with E-state index >= 15 is 0 Å². The number of nitrogens with one attached hydrogen (secondary N) is 1. The van der Waals surface area contributed by atoms with E-state index in [2.05, 4.69) is 5.32 Å². The van der Waals surface area contributed by atoms with Crippen LogP contribution in [0.15, 0.2) is 42.5 Å². The first-order chi connectivity index (χ1) is 11.4. The Balaban J connectivity index is 2.21. The average Bonchev–Trinajstić information content (AvgIpc) is 2.55. The second-order valence-corrected chi connectivity index (χ2v) is 4.63. The fourth-order valence-electron chi connectivity index (χ4n) is 1.95. The van der Waals surface area contributed by atoms with Crippen molar-refractivity contribution in [2.24, 2.45) is 0 Å². The van der Waals surface area contributed by atoms with Gasteiger partial charge in [-0.25, -0.2) is 0 Å². The molecule has 0 saturated carbocycles. The van der Waals surface area contributed by atoms with Crippen LogP contribution in [0, 0.1) is 20.2 Å². The maximum atomic E-state index is 12.2. The van der Waals surface area contributed by atoms with Crippen molar-refractivity contribution in [3.05, 3.63) is 68.3 Å². The number of benzene rings is 2. The summed E-state index contributed by atoms with van der Waals surface area (Å²) < 4.78 is 5.15. The van der Waals surface area contributed by atoms with E-state index < -0.39 is 15.8 Å². The number of nitrogens with zero attached hydrogens (tertiary/aromatic N) is 2. The molecule has 0 spiro atoms. The fourth-order valence-corrected chi connectivity index (χ4v) is 1.95. The normalized spacial score (nSPS) is 10.0. The lowest BCUT2D eigenvalue weighted by molar-refractivity contribution is -0.385. The first kappa shape index (κ1) is 16.9.